The van der Waals surface area contributed by atoms with Gasteiger partial charge in [0.15, 0.2) is 0 Å². The van der Waals surface area contributed by atoms with Crippen LogP contribution in [0.5, 0.6) is 0 Å². The molecule has 2 rings (SSSR count). The van der Waals surface area contributed by atoms with Gasteiger partial charge in [-0.3, -0.25) is 0 Å². The zero-order chi connectivity index (χ0) is 11.5. The third-order valence-electron chi connectivity index (χ3n) is 2.02. The van der Waals surface area contributed by atoms with Crippen molar-refractivity contribution in [3.8, 4) is 9.88 Å². The first-order valence-electron chi connectivity index (χ1n) is 5.07. The second-order valence-corrected chi connectivity index (χ2v) is 6.26. The van der Waals surface area contributed by atoms with Gasteiger partial charge in [-0.2, -0.15) is 0 Å². The van der Waals surface area contributed by atoms with Crippen molar-refractivity contribution in [3.05, 3.63) is 27.5 Å². The second-order valence-electron chi connectivity index (χ2n) is 3.80. The molecule has 0 amide bonds. The lowest BCUT2D eigenvalue weighted by molar-refractivity contribution is 0.593. The summed E-state index contributed by atoms with van der Waals surface area (Å²) >= 11 is 9.25. The topological polar surface area (TPSA) is 24.9 Å². The second kappa shape index (κ2) is 5.27. The molecule has 0 aliphatic heterocycles. The molecule has 0 saturated heterocycles. The molecule has 16 heavy (non-hydrogen) atoms. The van der Waals surface area contributed by atoms with Crippen LogP contribution in [0.15, 0.2) is 17.6 Å². The zero-order valence-electron chi connectivity index (χ0n) is 9.16. The zero-order valence-corrected chi connectivity index (χ0v) is 11.5. The van der Waals surface area contributed by atoms with E-state index in [0.717, 1.165) is 21.5 Å². The molecular weight excluding hydrogens is 260 g/mol. The Morgan fingerprint density at radius 3 is 2.94 bits per heavy atom. The molecule has 0 spiro atoms. The number of nitrogens with one attached hydrogen (secondary N) is 1. The van der Waals surface area contributed by atoms with E-state index < -0.39 is 0 Å². The summed E-state index contributed by atoms with van der Waals surface area (Å²) in [6, 6.07) is 2.46. The standard InChI is InChI=1S/C11H13ClN2S2/c1-7(2)13-4-9-5-14-11(16-9)10-3-8(12)6-15-10/h3,5-7,13H,4H2,1-2H3. The van der Waals surface area contributed by atoms with Gasteiger partial charge in [-0.25, -0.2) is 4.98 Å². The highest BCUT2D eigenvalue weighted by Crippen LogP contribution is 2.32. The van der Waals surface area contributed by atoms with E-state index in [1.165, 1.54) is 4.88 Å². The van der Waals surface area contributed by atoms with Crippen molar-refractivity contribution in [2.75, 3.05) is 0 Å². The van der Waals surface area contributed by atoms with Gasteiger partial charge >= 0.3 is 0 Å². The quantitative estimate of drug-likeness (QED) is 0.909. The van der Waals surface area contributed by atoms with E-state index in [1.54, 1.807) is 22.7 Å². The number of aromatic nitrogens is 1. The average Bonchev–Trinajstić information content (AvgIpc) is 2.83. The Labute approximate surface area is 108 Å². The molecule has 0 bridgehead atoms. The largest absolute Gasteiger partial charge is 0.310 e. The van der Waals surface area contributed by atoms with Crippen LogP contribution in [-0.2, 0) is 6.54 Å². The number of thiazole rings is 1. The first-order chi connectivity index (χ1) is 7.65. The van der Waals surface area contributed by atoms with Crippen LogP contribution in [0.4, 0.5) is 0 Å². The highest BCUT2D eigenvalue weighted by atomic mass is 35.5. The molecule has 2 aromatic heterocycles. The summed E-state index contributed by atoms with van der Waals surface area (Å²) in [5, 5.41) is 7.16. The summed E-state index contributed by atoms with van der Waals surface area (Å²) < 4.78 is 0. The summed E-state index contributed by atoms with van der Waals surface area (Å²) in [6.07, 6.45) is 1.93. The fourth-order valence-corrected chi connectivity index (χ4v) is 3.24. The predicted octanol–water partition coefficient (Wildman–Crippen LogP) is 4.02. The van der Waals surface area contributed by atoms with Crippen molar-refractivity contribution < 1.29 is 0 Å². The maximum Gasteiger partial charge on any atom is 0.133 e. The molecule has 0 radical (unpaired) electrons. The van der Waals surface area contributed by atoms with E-state index in [-0.39, 0.29) is 0 Å². The van der Waals surface area contributed by atoms with Gasteiger partial charge in [-0.1, -0.05) is 25.4 Å². The van der Waals surface area contributed by atoms with Gasteiger partial charge in [0.05, 0.1) is 9.90 Å². The highest BCUT2D eigenvalue weighted by Gasteiger charge is 2.07. The van der Waals surface area contributed by atoms with Gasteiger partial charge < -0.3 is 5.32 Å². The fraction of sp³-hybridized carbons (Fsp3) is 0.364. The molecule has 0 atom stereocenters. The van der Waals surface area contributed by atoms with Crippen molar-refractivity contribution in [2.45, 2.75) is 26.4 Å². The number of halogens is 1. The SMILES string of the molecule is CC(C)NCc1cnc(-c2cc(Cl)cs2)s1. The van der Waals surface area contributed by atoms with E-state index in [9.17, 15) is 0 Å². The van der Waals surface area contributed by atoms with Crippen LogP contribution in [0.1, 0.15) is 18.7 Å². The van der Waals surface area contributed by atoms with Crippen LogP contribution in [0.25, 0.3) is 9.88 Å². The lowest BCUT2D eigenvalue weighted by Crippen LogP contribution is -2.21. The molecule has 0 aromatic carbocycles. The van der Waals surface area contributed by atoms with Crippen molar-refractivity contribution in [2.24, 2.45) is 0 Å². The maximum absolute atomic E-state index is 5.89. The van der Waals surface area contributed by atoms with Crippen LogP contribution >= 0.6 is 34.3 Å². The Balaban J connectivity index is 2.07. The molecule has 2 aromatic rings. The minimum absolute atomic E-state index is 0.502. The maximum atomic E-state index is 5.89. The van der Waals surface area contributed by atoms with Gasteiger partial charge in [0.2, 0.25) is 0 Å². The van der Waals surface area contributed by atoms with Crippen LogP contribution in [0.3, 0.4) is 0 Å². The molecule has 1 N–H and O–H groups in total. The molecule has 0 aliphatic rings. The van der Waals surface area contributed by atoms with Gasteiger partial charge in [-0.05, 0) is 6.07 Å². The minimum Gasteiger partial charge on any atom is -0.310 e. The third kappa shape index (κ3) is 3.04. The first-order valence-corrected chi connectivity index (χ1v) is 7.15. The molecule has 2 heterocycles. The summed E-state index contributed by atoms with van der Waals surface area (Å²) in [5.74, 6) is 0. The van der Waals surface area contributed by atoms with E-state index in [2.05, 4.69) is 24.1 Å². The summed E-state index contributed by atoms with van der Waals surface area (Å²) in [4.78, 5) is 6.81. The molecule has 5 heteroatoms. The van der Waals surface area contributed by atoms with Gasteiger partial charge in [0.1, 0.15) is 5.01 Å². The molecule has 0 aliphatic carbocycles. The van der Waals surface area contributed by atoms with Gasteiger partial charge in [-0.15, -0.1) is 22.7 Å². The normalized spacial score (nSPS) is 11.2. The number of rotatable bonds is 4. The van der Waals surface area contributed by atoms with E-state index in [4.69, 9.17) is 11.6 Å². The van der Waals surface area contributed by atoms with E-state index in [0.29, 0.717) is 6.04 Å². The first kappa shape index (κ1) is 12.0. The lowest BCUT2D eigenvalue weighted by Gasteiger charge is -2.04. The average molecular weight is 273 g/mol. The highest BCUT2D eigenvalue weighted by molar-refractivity contribution is 7.21. The van der Waals surface area contributed by atoms with Crippen LogP contribution in [0.2, 0.25) is 5.02 Å². The summed E-state index contributed by atoms with van der Waals surface area (Å²) in [7, 11) is 0. The molecule has 0 saturated carbocycles. The Bertz CT molecular complexity index is 462. The smallest absolute Gasteiger partial charge is 0.133 e. The Kier molecular flexibility index (Phi) is 3.97. The van der Waals surface area contributed by atoms with Gasteiger partial charge in [0, 0.05) is 29.0 Å². The number of thiophene rings is 1. The Hall–Kier alpha value is -0.420. The van der Waals surface area contributed by atoms with Crippen molar-refractivity contribution in [3.63, 3.8) is 0 Å². The fourth-order valence-electron chi connectivity index (χ4n) is 1.23. The van der Waals surface area contributed by atoms with Crippen molar-refractivity contribution >= 4 is 34.3 Å². The summed E-state index contributed by atoms with van der Waals surface area (Å²) in [6.45, 7) is 5.16. The molecule has 0 unspecified atom stereocenters. The van der Waals surface area contributed by atoms with Crippen LogP contribution in [-0.4, -0.2) is 11.0 Å². The van der Waals surface area contributed by atoms with E-state index >= 15 is 0 Å². The number of hydrogen-bond acceptors (Lipinski definition) is 4. The van der Waals surface area contributed by atoms with Gasteiger partial charge in [0.25, 0.3) is 0 Å². The van der Waals surface area contributed by atoms with Crippen molar-refractivity contribution in [1.82, 2.24) is 10.3 Å². The van der Waals surface area contributed by atoms with Crippen molar-refractivity contribution in [1.29, 1.82) is 0 Å². The predicted molar refractivity (Wildman–Crippen MR) is 72.4 cm³/mol. The molecule has 2 nitrogen and oxygen atoms in total. The number of nitrogens with zero attached hydrogens (tertiary/aromatic N) is 1. The van der Waals surface area contributed by atoms with Crippen LogP contribution < -0.4 is 5.32 Å². The third-order valence-corrected chi connectivity index (χ3v) is 4.46. The lowest BCUT2D eigenvalue weighted by atomic mass is 10.4. The van der Waals surface area contributed by atoms with Crippen LogP contribution in [0, 0.1) is 0 Å². The molecule has 0 fully saturated rings. The monoisotopic (exact) mass is 272 g/mol. The number of hydrogen-bond donors (Lipinski definition) is 1. The molecular formula is C11H13ClN2S2. The summed E-state index contributed by atoms with van der Waals surface area (Å²) in [5.41, 5.74) is 0. The Morgan fingerprint density at radius 2 is 2.31 bits per heavy atom. The van der Waals surface area contributed by atoms with E-state index in [1.807, 2.05) is 17.6 Å². The minimum atomic E-state index is 0.502. The molecule has 86 valence electrons. The Morgan fingerprint density at radius 1 is 1.50 bits per heavy atom.